The molecule has 43 heavy (non-hydrogen) atoms. The highest BCUT2D eigenvalue weighted by Gasteiger charge is 2.36. The van der Waals surface area contributed by atoms with Gasteiger partial charge in [-0.1, -0.05) is 37.1 Å². The number of ether oxygens (including phenoxy) is 2. The van der Waals surface area contributed by atoms with Gasteiger partial charge in [-0.15, -0.1) is 11.8 Å². The number of unbranched alkanes of at least 4 members (excludes halogenated alkanes) is 2. The molecule has 0 radical (unpaired) electrons. The van der Waals surface area contributed by atoms with Crippen molar-refractivity contribution in [1.29, 1.82) is 0 Å². The molecule has 3 amide bonds. The first-order valence-corrected chi connectivity index (χ1v) is 15.6. The molecule has 230 valence electrons. The summed E-state index contributed by atoms with van der Waals surface area (Å²) in [5.74, 6) is -1.53. The molecule has 2 aromatic carbocycles. The van der Waals surface area contributed by atoms with Crippen molar-refractivity contribution in [2.24, 2.45) is 0 Å². The second-order valence-electron chi connectivity index (χ2n) is 11.5. The van der Waals surface area contributed by atoms with E-state index in [4.69, 9.17) is 9.47 Å². The van der Waals surface area contributed by atoms with E-state index < -0.39 is 29.6 Å². The molecule has 4 rings (SSSR count). The minimum Gasteiger partial charge on any atom is -0.465 e. The number of thioether (sulfide) groups is 1. The largest absolute Gasteiger partial charge is 0.465 e. The van der Waals surface area contributed by atoms with Gasteiger partial charge >= 0.3 is 11.9 Å². The molecule has 2 heterocycles. The minimum atomic E-state index is -0.757. The summed E-state index contributed by atoms with van der Waals surface area (Å²) in [5.41, 5.74) is 0.765. The number of para-hydroxylation sites is 1. The van der Waals surface area contributed by atoms with Crippen LogP contribution in [0.5, 0.6) is 0 Å². The Balaban J connectivity index is 1.39. The molecule has 2 aliphatic rings. The monoisotopic (exact) mass is 609 g/mol. The van der Waals surface area contributed by atoms with E-state index in [1.54, 1.807) is 58.0 Å². The van der Waals surface area contributed by atoms with E-state index in [9.17, 15) is 24.0 Å². The maximum Gasteiger partial charge on any atom is 0.326 e. The Morgan fingerprint density at radius 2 is 1.60 bits per heavy atom. The molecule has 10 nitrogen and oxygen atoms in total. The molecule has 0 saturated heterocycles. The van der Waals surface area contributed by atoms with Crippen molar-refractivity contribution in [3.63, 3.8) is 0 Å². The van der Waals surface area contributed by atoms with Gasteiger partial charge in [0.1, 0.15) is 18.2 Å². The van der Waals surface area contributed by atoms with Gasteiger partial charge < -0.3 is 9.47 Å². The standard InChI is InChI=1S/C32H39N3O7S/c1-5-41-31(40)23(15-7-6-12-18-34-28(37)21-13-8-9-14-22(21)29(34)38)33-24-20-43-26-17-11-10-16-25(26)35(30(24)39)19-27(36)42-32(2,3)4/h8-11,13-14,16-17,23-24,33H,5-7,12,15,18-20H2,1-4H3/t23-,24+/m1/s1. The Kier molecular flexibility index (Phi) is 10.6. The maximum atomic E-state index is 13.8. The Morgan fingerprint density at radius 1 is 0.953 bits per heavy atom. The second kappa shape index (κ2) is 14.2. The quantitative estimate of drug-likeness (QED) is 0.214. The second-order valence-corrected chi connectivity index (χ2v) is 12.5. The van der Waals surface area contributed by atoms with Gasteiger partial charge in [0, 0.05) is 17.2 Å². The summed E-state index contributed by atoms with van der Waals surface area (Å²) in [5, 5.41) is 3.22. The van der Waals surface area contributed by atoms with E-state index in [-0.39, 0.29) is 30.9 Å². The molecule has 0 aliphatic carbocycles. The SMILES string of the molecule is CCOC(=O)[C@@H](CCCCCN1C(=O)c2ccccc2C1=O)N[C@H]1CSc2ccccc2N(CC(=O)OC(C)(C)C)C1=O. The predicted molar refractivity (Wildman–Crippen MR) is 163 cm³/mol. The van der Waals surface area contributed by atoms with Crippen LogP contribution in [-0.2, 0) is 23.9 Å². The fraction of sp³-hybridized carbons (Fsp3) is 0.469. The number of anilines is 1. The van der Waals surface area contributed by atoms with E-state index in [0.717, 1.165) is 4.90 Å². The number of carbonyl (C=O) groups excluding carboxylic acids is 5. The number of esters is 2. The summed E-state index contributed by atoms with van der Waals surface area (Å²) in [6.07, 6.45) is 2.25. The van der Waals surface area contributed by atoms with Crippen molar-refractivity contribution in [2.45, 2.75) is 76.0 Å². The normalized spacial score (nSPS) is 17.3. The molecule has 0 bridgehead atoms. The predicted octanol–water partition coefficient (Wildman–Crippen LogP) is 4.21. The molecule has 2 aromatic rings. The topological polar surface area (TPSA) is 122 Å². The van der Waals surface area contributed by atoms with Gasteiger partial charge in [0.2, 0.25) is 5.91 Å². The first-order valence-electron chi connectivity index (χ1n) is 14.6. The van der Waals surface area contributed by atoms with E-state index in [0.29, 0.717) is 54.8 Å². The molecule has 0 spiro atoms. The van der Waals surface area contributed by atoms with Gasteiger partial charge in [-0.2, -0.15) is 0 Å². The molecule has 1 N–H and O–H groups in total. The summed E-state index contributed by atoms with van der Waals surface area (Å²) >= 11 is 1.48. The van der Waals surface area contributed by atoms with E-state index in [2.05, 4.69) is 5.32 Å². The van der Waals surface area contributed by atoms with Crippen molar-refractivity contribution >= 4 is 47.1 Å². The summed E-state index contributed by atoms with van der Waals surface area (Å²) < 4.78 is 10.8. The number of imide groups is 1. The zero-order valence-corrected chi connectivity index (χ0v) is 25.9. The fourth-order valence-corrected chi connectivity index (χ4v) is 6.22. The van der Waals surface area contributed by atoms with Gasteiger partial charge in [-0.3, -0.25) is 39.1 Å². The third-order valence-electron chi connectivity index (χ3n) is 7.06. The lowest BCUT2D eigenvalue weighted by atomic mass is 10.1. The Hall–Kier alpha value is -3.70. The van der Waals surface area contributed by atoms with E-state index in [1.807, 2.05) is 18.2 Å². The van der Waals surface area contributed by atoms with Gasteiger partial charge in [0.25, 0.3) is 11.8 Å². The number of benzene rings is 2. The molecular weight excluding hydrogens is 570 g/mol. The average molecular weight is 610 g/mol. The van der Waals surface area contributed by atoms with Crippen molar-refractivity contribution in [1.82, 2.24) is 10.2 Å². The number of fused-ring (bicyclic) bond motifs is 2. The number of nitrogens with one attached hydrogen (secondary N) is 1. The van der Waals surface area contributed by atoms with Gasteiger partial charge in [0.15, 0.2) is 0 Å². The van der Waals surface area contributed by atoms with Crippen LogP contribution in [0.1, 0.15) is 74.1 Å². The molecule has 2 aliphatic heterocycles. The Labute approximate surface area is 256 Å². The average Bonchev–Trinajstić information content (AvgIpc) is 3.12. The number of hydrogen-bond acceptors (Lipinski definition) is 9. The van der Waals surface area contributed by atoms with Crippen LogP contribution in [0.3, 0.4) is 0 Å². The maximum absolute atomic E-state index is 13.8. The third-order valence-corrected chi connectivity index (χ3v) is 8.22. The molecule has 0 saturated carbocycles. The van der Waals surface area contributed by atoms with Crippen molar-refractivity contribution in [3.8, 4) is 0 Å². The summed E-state index contributed by atoms with van der Waals surface area (Å²) in [7, 11) is 0. The smallest absolute Gasteiger partial charge is 0.326 e. The van der Waals surface area contributed by atoms with Crippen molar-refractivity contribution in [2.75, 3.05) is 30.3 Å². The summed E-state index contributed by atoms with van der Waals surface area (Å²) in [4.78, 5) is 68.3. The third kappa shape index (κ3) is 8.03. The number of carbonyl (C=O) groups is 5. The van der Waals surface area contributed by atoms with Crippen LogP contribution in [0.2, 0.25) is 0 Å². The lowest BCUT2D eigenvalue weighted by Crippen LogP contribution is -2.54. The van der Waals surface area contributed by atoms with Gasteiger partial charge in [-0.05, 0) is 64.8 Å². The van der Waals surface area contributed by atoms with Crippen molar-refractivity contribution in [3.05, 3.63) is 59.7 Å². The first kappa shape index (κ1) is 32.2. The lowest BCUT2D eigenvalue weighted by Gasteiger charge is -2.28. The number of amides is 3. The first-order chi connectivity index (χ1) is 20.5. The zero-order valence-electron chi connectivity index (χ0n) is 25.1. The van der Waals surface area contributed by atoms with E-state index >= 15 is 0 Å². The highest BCUT2D eigenvalue weighted by Crippen LogP contribution is 2.34. The number of hydrogen-bond donors (Lipinski definition) is 1. The van der Waals surface area contributed by atoms with Crippen LogP contribution >= 0.6 is 11.8 Å². The van der Waals surface area contributed by atoms with Crippen LogP contribution in [0, 0.1) is 0 Å². The Bertz CT molecular complexity index is 1340. The molecule has 0 fully saturated rings. The fourth-order valence-electron chi connectivity index (χ4n) is 5.13. The van der Waals surface area contributed by atoms with Crippen LogP contribution in [0.4, 0.5) is 5.69 Å². The molecule has 0 aromatic heterocycles. The van der Waals surface area contributed by atoms with Gasteiger partial charge in [-0.25, -0.2) is 0 Å². The number of nitrogens with zero attached hydrogens (tertiary/aromatic N) is 2. The Morgan fingerprint density at radius 3 is 2.26 bits per heavy atom. The molecule has 0 unspecified atom stereocenters. The molecule has 11 heteroatoms. The lowest BCUT2D eigenvalue weighted by molar-refractivity contribution is -0.154. The number of rotatable bonds is 12. The highest BCUT2D eigenvalue weighted by atomic mass is 32.2. The molecular formula is C32H39N3O7S. The van der Waals surface area contributed by atoms with Crippen LogP contribution in [-0.4, -0.2) is 77.7 Å². The van der Waals surface area contributed by atoms with Crippen LogP contribution in [0.25, 0.3) is 0 Å². The van der Waals surface area contributed by atoms with Crippen LogP contribution in [0.15, 0.2) is 53.4 Å². The van der Waals surface area contributed by atoms with E-state index in [1.165, 1.54) is 21.6 Å². The summed E-state index contributed by atoms with van der Waals surface area (Å²) in [6, 6.07) is 12.7. The van der Waals surface area contributed by atoms with Crippen molar-refractivity contribution < 1.29 is 33.4 Å². The molecule has 2 atom stereocenters. The zero-order chi connectivity index (χ0) is 31.1. The van der Waals surface area contributed by atoms with Gasteiger partial charge in [0.05, 0.1) is 29.5 Å². The van der Waals surface area contributed by atoms with Crippen LogP contribution < -0.4 is 10.2 Å². The summed E-state index contributed by atoms with van der Waals surface area (Å²) in [6.45, 7) is 7.27. The highest BCUT2D eigenvalue weighted by molar-refractivity contribution is 7.99. The minimum absolute atomic E-state index is 0.195.